The molecule has 106 valence electrons. The third-order valence-corrected chi connectivity index (χ3v) is 4.49. The van der Waals surface area contributed by atoms with E-state index in [1.54, 1.807) is 12.3 Å². The number of nitrogens with one attached hydrogen (secondary N) is 1. The van der Waals surface area contributed by atoms with E-state index in [1.807, 2.05) is 0 Å². The Morgan fingerprint density at radius 2 is 1.89 bits per heavy atom. The van der Waals surface area contributed by atoms with E-state index in [1.165, 1.54) is 0 Å². The molecule has 1 fully saturated rings. The number of aromatic nitrogens is 1. The van der Waals surface area contributed by atoms with Crippen molar-refractivity contribution in [3.63, 3.8) is 0 Å². The largest absolute Gasteiger partial charge is 0.391 e. The van der Waals surface area contributed by atoms with Crippen LogP contribution in [0.2, 0.25) is 5.15 Å². The van der Waals surface area contributed by atoms with Gasteiger partial charge in [0.05, 0.1) is 22.3 Å². The Morgan fingerprint density at radius 1 is 1.26 bits per heavy atom. The van der Waals surface area contributed by atoms with Crippen molar-refractivity contribution in [3.8, 4) is 0 Å². The number of hydrogen-bond donors (Lipinski definition) is 1. The van der Waals surface area contributed by atoms with Crippen LogP contribution in [0.4, 0.5) is 18.9 Å². The lowest BCUT2D eigenvalue weighted by Gasteiger charge is -2.30. The quantitative estimate of drug-likeness (QED) is 0.751. The minimum absolute atomic E-state index is 0.0634. The fourth-order valence-electron chi connectivity index (χ4n) is 2.30. The Balaban J connectivity index is 1.90. The van der Waals surface area contributed by atoms with Gasteiger partial charge in [0.15, 0.2) is 0 Å². The van der Waals surface area contributed by atoms with Crippen LogP contribution in [0.3, 0.4) is 0 Å². The van der Waals surface area contributed by atoms with E-state index in [4.69, 9.17) is 11.6 Å². The first-order chi connectivity index (χ1) is 8.86. The van der Waals surface area contributed by atoms with Crippen LogP contribution in [-0.2, 0) is 0 Å². The highest BCUT2D eigenvalue weighted by Gasteiger charge is 2.41. The van der Waals surface area contributed by atoms with Gasteiger partial charge in [-0.05, 0) is 47.7 Å². The molecule has 2 nitrogen and oxygen atoms in total. The molecule has 0 aliphatic heterocycles. The second kappa shape index (κ2) is 5.87. The number of anilines is 1. The molecule has 2 rings (SSSR count). The van der Waals surface area contributed by atoms with Crippen LogP contribution in [0, 0.1) is 5.92 Å². The number of nitrogens with zero attached hydrogens (tertiary/aromatic N) is 1. The van der Waals surface area contributed by atoms with Crippen molar-refractivity contribution < 1.29 is 13.2 Å². The molecule has 0 unspecified atom stereocenters. The standard InChI is InChI=1S/C12H13BrClF3N2/c13-10-5-9(6-18-11(10)14)19-8-3-1-7(2-4-8)12(15,16)17/h5-8,19H,1-4H2. The van der Waals surface area contributed by atoms with E-state index in [-0.39, 0.29) is 18.9 Å². The number of pyridine rings is 1. The average Bonchev–Trinajstić information content (AvgIpc) is 2.33. The second-order valence-electron chi connectivity index (χ2n) is 4.73. The molecule has 1 heterocycles. The van der Waals surface area contributed by atoms with E-state index in [0.29, 0.717) is 22.5 Å². The van der Waals surface area contributed by atoms with Crippen LogP contribution in [0.25, 0.3) is 0 Å². The summed E-state index contributed by atoms with van der Waals surface area (Å²) < 4.78 is 38.3. The highest BCUT2D eigenvalue weighted by molar-refractivity contribution is 9.10. The molecule has 7 heteroatoms. The van der Waals surface area contributed by atoms with Gasteiger partial charge in [0.2, 0.25) is 0 Å². The van der Waals surface area contributed by atoms with Gasteiger partial charge in [0.1, 0.15) is 5.15 Å². The minimum atomic E-state index is -4.06. The van der Waals surface area contributed by atoms with Gasteiger partial charge in [-0.2, -0.15) is 13.2 Å². The maximum Gasteiger partial charge on any atom is 0.391 e. The summed E-state index contributed by atoms with van der Waals surface area (Å²) in [5.74, 6) is -1.15. The lowest BCUT2D eigenvalue weighted by atomic mass is 9.85. The van der Waals surface area contributed by atoms with Crippen molar-refractivity contribution in [3.05, 3.63) is 21.9 Å². The lowest BCUT2D eigenvalue weighted by molar-refractivity contribution is -0.182. The van der Waals surface area contributed by atoms with Gasteiger partial charge in [-0.25, -0.2) is 4.98 Å². The topological polar surface area (TPSA) is 24.9 Å². The fourth-order valence-corrected chi connectivity index (χ4v) is 2.75. The van der Waals surface area contributed by atoms with Gasteiger partial charge in [-0.1, -0.05) is 11.6 Å². The number of alkyl halides is 3. The molecule has 0 aromatic carbocycles. The van der Waals surface area contributed by atoms with Crippen LogP contribution >= 0.6 is 27.5 Å². The molecular weight excluding hydrogens is 344 g/mol. The summed E-state index contributed by atoms with van der Waals surface area (Å²) in [5, 5.41) is 3.57. The molecule has 1 aliphatic rings. The van der Waals surface area contributed by atoms with Crippen molar-refractivity contribution in [2.45, 2.75) is 37.9 Å². The number of rotatable bonds is 2. The Kier molecular flexibility index (Phi) is 4.61. The highest BCUT2D eigenvalue weighted by Crippen LogP contribution is 2.38. The minimum Gasteiger partial charge on any atom is -0.381 e. The predicted octanol–water partition coefficient (Wildman–Crippen LogP) is 5.03. The number of halogens is 5. The molecule has 1 aliphatic carbocycles. The van der Waals surface area contributed by atoms with E-state index in [9.17, 15) is 13.2 Å². The average molecular weight is 358 g/mol. The Hall–Kier alpha value is -0.490. The first-order valence-electron chi connectivity index (χ1n) is 6.00. The maximum atomic E-state index is 12.5. The van der Waals surface area contributed by atoms with Crippen LogP contribution in [0.5, 0.6) is 0 Å². The van der Waals surface area contributed by atoms with Crippen LogP contribution in [0.15, 0.2) is 16.7 Å². The zero-order chi connectivity index (χ0) is 14.0. The SMILES string of the molecule is FC(F)(F)C1CCC(Nc2cnc(Cl)c(Br)c2)CC1. The van der Waals surface area contributed by atoms with Gasteiger partial charge in [0, 0.05) is 6.04 Å². The molecule has 19 heavy (non-hydrogen) atoms. The normalized spacial score (nSPS) is 24.3. The molecule has 0 amide bonds. The molecular formula is C12H13BrClF3N2. The molecule has 1 aromatic rings. The molecule has 1 saturated carbocycles. The van der Waals surface area contributed by atoms with E-state index in [2.05, 4.69) is 26.2 Å². The monoisotopic (exact) mass is 356 g/mol. The molecule has 1 N–H and O–H groups in total. The Labute approximate surface area is 122 Å². The van der Waals surface area contributed by atoms with E-state index < -0.39 is 12.1 Å². The lowest BCUT2D eigenvalue weighted by Crippen LogP contribution is -2.32. The zero-order valence-corrected chi connectivity index (χ0v) is 12.3. The highest BCUT2D eigenvalue weighted by atomic mass is 79.9. The van der Waals surface area contributed by atoms with Crippen LogP contribution in [0.1, 0.15) is 25.7 Å². The zero-order valence-electron chi connectivity index (χ0n) is 9.97. The molecule has 1 aromatic heterocycles. The predicted molar refractivity (Wildman–Crippen MR) is 72.4 cm³/mol. The van der Waals surface area contributed by atoms with Crippen molar-refractivity contribution >= 4 is 33.2 Å². The van der Waals surface area contributed by atoms with Gasteiger partial charge in [-0.3, -0.25) is 0 Å². The maximum absolute atomic E-state index is 12.5. The van der Waals surface area contributed by atoms with Gasteiger partial charge in [0.25, 0.3) is 0 Å². The summed E-state index contributed by atoms with van der Waals surface area (Å²) in [6, 6.07) is 1.85. The first-order valence-corrected chi connectivity index (χ1v) is 7.17. The van der Waals surface area contributed by atoms with Crippen molar-refractivity contribution in [1.29, 1.82) is 0 Å². The second-order valence-corrected chi connectivity index (χ2v) is 5.94. The van der Waals surface area contributed by atoms with Gasteiger partial charge in [-0.15, -0.1) is 0 Å². The van der Waals surface area contributed by atoms with Crippen molar-refractivity contribution in [2.75, 3.05) is 5.32 Å². The summed E-state index contributed by atoms with van der Waals surface area (Å²) >= 11 is 9.05. The smallest absolute Gasteiger partial charge is 0.381 e. The van der Waals surface area contributed by atoms with Gasteiger partial charge >= 0.3 is 6.18 Å². The van der Waals surface area contributed by atoms with Crippen molar-refractivity contribution in [1.82, 2.24) is 4.98 Å². The summed E-state index contributed by atoms with van der Waals surface area (Å²) in [7, 11) is 0. The fraction of sp³-hybridized carbons (Fsp3) is 0.583. The Morgan fingerprint density at radius 3 is 2.42 bits per heavy atom. The molecule has 0 spiro atoms. The number of hydrogen-bond acceptors (Lipinski definition) is 2. The summed E-state index contributed by atoms with van der Waals surface area (Å²) in [6.45, 7) is 0. The molecule has 0 radical (unpaired) electrons. The van der Waals surface area contributed by atoms with Crippen LogP contribution in [-0.4, -0.2) is 17.2 Å². The third kappa shape index (κ3) is 3.99. The summed E-state index contributed by atoms with van der Waals surface area (Å²) in [6.07, 6.45) is -1.07. The Bertz CT molecular complexity index is 445. The summed E-state index contributed by atoms with van der Waals surface area (Å²) in [4.78, 5) is 3.97. The molecule has 0 bridgehead atoms. The van der Waals surface area contributed by atoms with Gasteiger partial charge < -0.3 is 5.32 Å². The summed E-state index contributed by atoms with van der Waals surface area (Å²) in [5.41, 5.74) is 0.770. The van der Waals surface area contributed by atoms with Crippen LogP contribution < -0.4 is 5.32 Å². The molecule has 0 atom stereocenters. The van der Waals surface area contributed by atoms with Crippen molar-refractivity contribution in [2.24, 2.45) is 5.92 Å². The first kappa shape index (κ1) is 14.9. The molecule has 0 saturated heterocycles. The van der Waals surface area contributed by atoms with E-state index in [0.717, 1.165) is 5.69 Å². The third-order valence-electron chi connectivity index (χ3n) is 3.36. The van der Waals surface area contributed by atoms with E-state index >= 15 is 0 Å².